The van der Waals surface area contributed by atoms with Crippen molar-refractivity contribution >= 4 is 11.8 Å². The van der Waals surface area contributed by atoms with Gasteiger partial charge in [-0.25, -0.2) is 4.39 Å². The first-order valence-electron chi connectivity index (χ1n) is 8.12. The summed E-state index contributed by atoms with van der Waals surface area (Å²) < 4.78 is 19.5. The number of nitrogens with one attached hydrogen (secondary N) is 1. The Morgan fingerprint density at radius 2 is 1.84 bits per heavy atom. The molecule has 2 aromatic carbocycles. The molecule has 1 N–H and O–H groups in total. The van der Waals surface area contributed by atoms with Crippen LogP contribution in [0.5, 0.6) is 0 Å². The van der Waals surface area contributed by atoms with Gasteiger partial charge in [-0.1, -0.05) is 36.4 Å². The second-order valence-corrected chi connectivity index (χ2v) is 5.77. The van der Waals surface area contributed by atoms with Crippen molar-refractivity contribution in [3.8, 4) is 0 Å². The van der Waals surface area contributed by atoms with Crippen LogP contribution in [0.3, 0.4) is 0 Å². The molecule has 1 saturated heterocycles. The second-order valence-electron chi connectivity index (χ2n) is 5.77. The molecule has 1 unspecified atom stereocenters. The van der Waals surface area contributed by atoms with Gasteiger partial charge < -0.3 is 15.0 Å². The number of benzene rings is 2. The molecule has 0 bridgehead atoms. The van der Waals surface area contributed by atoms with Crippen molar-refractivity contribution in [2.45, 2.75) is 6.10 Å². The minimum atomic E-state index is -0.497. The topological polar surface area (TPSA) is 58.6 Å². The Balaban J connectivity index is 1.57. The summed E-state index contributed by atoms with van der Waals surface area (Å²) in [5.74, 6) is -0.860. The van der Waals surface area contributed by atoms with E-state index in [1.54, 1.807) is 47.4 Å². The van der Waals surface area contributed by atoms with Crippen molar-refractivity contribution in [2.24, 2.45) is 0 Å². The van der Waals surface area contributed by atoms with Gasteiger partial charge in [0.25, 0.3) is 5.91 Å². The zero-order valence-corrected chi connectivity index (χ0v) is 13.7. The highest BCUT2D eigenvalue weighted by Crippen LogP contribution is 2.24. The van der Waals surface area contributed by atoms with Crippen LogP contribution < -0.4 is 5.32 Å². The van der Waals surface area contributed by atoms with Gasteiger partial charge in [-0.15, -0.1) is 0 Å². The number of rotatable bonds is 4. The number of morpholine rings is 1. The van der Waals surface area contributed by atoms with Gasteiger partial charge in [-0.3, -0.25) is 9.59 Å². The van der Waals surface area contributed by atoms with Crippen LogP contribution in [0.2, 0.25) is 0 Å². The third-order valence-corrected chi connectivity index (χ3v) is 4.11. The fraction of sp³-hybridized carbons (Fsp3) is 0.263. The molecule has 1 heterocycles. The molecule has 1 aliphatic rings. The lowest BCUT2D eigenvalue weighted by Gasteiger charge is -2.33. The van der Waals surface area contributed by atoms with Crippen molar-refractivity contribution in [3.05, 3.63) is 71.5 Å². The van der Waals surface area contributed by atoms with E-state index in [9.17, 15) is 14.0 Å². The number of halogens is 1. The molecule has 0 aliphatic carbocycles. The standard InChI is InChI=1S/C19H19FN2O3/c20-16-9-5-4-8-15(16)17-13-22(10-11-25-17)18(23)12-21-19(24)14-6-2-1-3-7-14/h1-9,17H,10-13H2,(H,21,24). The summed E-state index contributed by atoms with van der Waals surface area (Å²) in [6, 6.07) is 15.1. The third-order valence-electron chi connectivity index (χ3n) is 4.11. The Labute approximate surface area is 145 Å². The van der Waals surface area contributed by atoms with Crippen LogP contribution in [0.1, 0.15) is 22.0 Å². The van der Waals surface area contributed by atoms with Crippen molar-refractivity contribution in [1.82, 2.24) is 10.2 Å². The number of carbonyl (C=O) groups excluding carboxylic acids is 2. The minimum Gasteiger partial charge on any atom is -0.370 e. The van der Waals surface area contributed by atoms with Crippen LogP contribution in [0, 0.1) is 5.82 Å². The summed E-state index contributed by atoms with van der Waals surface area (Å²) in [6.45, 7) is 0.918. The normalized spacial score (nSPS) is 17.2. The molecule has 5 nitrogen and oxygen atoms in total. The van der Waals surface area contributed by atoms with Gasteiger partial charge in [-0.05, 0) is 18.2 Å². The van der Waals surface area contributed by atoms with Gasteiger partial charge in [0.15, 0.2) is 0 Å². The van der Waals surface area contributed by atoms with Gasteiger partial charge in [0.2, 0.25) is 5.91 Å². The number of ether oxygens (including phenoxy) is 1. The molecule has 0 radical (unpaired) electrons. The van der Waals surface area contributed by atoms with Crippen molar-refractivity contribution in [3.63, 3.8) is 0 Å². The third kappa shape index (κ3) is 4.22. The first-order chi connectivity index (χ1) is 12.1. The molecule has 130 valence electrons. The fourth-order valence-electron chi connectivity index (χ4n) is 2.76. The lowest BCUT2D eigenvalue weighted by Crippen LogP contribution is -2.46. The molecule has 0 spiro atoms. The van der Waals surface area contributed by atoms with E-state index < -0.39 is 6.10 Å². The first kappa shape index (κ1) is 17.1. The van der Waals surface area contributed by atoms with Crippen molar-refractivity contribution in [1.29, 1.82) is 0 Å². The summed E-state index contributed by atoms with van der Waals surface area (Å²) in [6.07, 6.45) is -0.497. The van der Waals surface area contributed by atoms with E-state index in [4.69, 9.17) is 4.74 Å². The largest absolute Gasteiger partial charge is 0.370 e. The van der Waals surface area contributed by atoms with E-state index in [1.165, 1.54) is 6.07 Å². The van der Waals surface area contributed by atoms with Gasteiger partial charge >= 0.3 is 0 Å². The molecule has 1 fully saturated rings. The monoisotopic (exact) mass is 342 g/mol. The molecule has 2 amide bonds. The Morgan fingerprint density at radius 1 is 1.12 bits per heavy atom. The molecular formula is C19H19FN2O3. The Morgan fingerprint density at radius 3 is 2.60 bits per heavy atom. The van der Waals surface area contributed by atoms with Gasteiger partial charge in [-0.2, -0.15) is 0 Å². The van der Waals surface area contributed by atoms with Gasteiger partial charge in [0.1, 0.15) is 11.9 Å². The lowest BCUT2D eigenvalue weighted by molar-refractivity contribution is -0.138. The van der Waals surface area contributed by atoms with Crippen LogP contribution >= 0.6 is 0 Å². The fourth-order valence-corrected chi connectivity index (χ4v) is 2.76. The number of carbonyl (C=O) groups is 2. The van der Waals surface area contributed by atoms with E-state index in [0.29, 0.717) is 24.3 Å². The highest BCUT2D eigenvalue weighted by molar-refractivity contribution is 5.96. The van der Waals surface area contributed by atoms with Gasteiger partial charge in [0.05, 0.1) is 19.7 Å². The number of nitrogens with zero attached hydrogens (tertiary/aromatic N) is 1. The minimum absolute atomic E-state index is 0.0995. The van der Waals surface area contributed by atoms with E-state index in [1.807, 2.05) is 6.07 Å². The van der Waals surface area contributed by atoms with E-state index >= 15 is 0 Å². The summed E-state index contributed by atoms with van der Waals surface area (Å²) in [7, 11) is 0. The quantitative estimate of drug-likeness (QED) is 0.926. The average Bonchev–Trinajstić information content (AvgIpc) is 2.67. The molecule has 6 heteroatoms. The maximum Gasteiger partial charge on any atom is 0.251 e. The van der Waals surface area contributed by atoms with Crippen LogP contribution in [0.4, 0.5) is 4.39 Å². The van der Waals surface area contributed by atoms with Crippen LogP contribution in [0.25, 0.3) is 0 Å². The van der Waals surface area contributed by atoms with Crippen LogP contribution in [-0.2, 0) is 9.53 Å². The smallest absolute Gasteiger partial charge is 0.251 e. The SMILES string of the molecule is O=C(NCC(=O)N1CCOC(c2ccccc2F)C1)c1ccccc1. The van der Waals surface area contributed by atoms with Crippen molar-refractivity contribution in [2.75, 3.05) is 26.2 Å². The molecule has 0 aromatic heterocycles. The van der Waals surface area contributed by atoms with Crippen LogP contribution in [0.15, 0.2) is 54.6 Å². The maximum atomic E-state index is 13.9. The average molecular weight is 342 g/mol. The Kier molecular flexibility index (Phi) is 5.40. The van der Waals surface area contributed by atoms with Crippen LogP contribution in [-0.4, -0.2) is 43.0 Å². The molecule has 2 aromatic rings. The zero-order chi connectivity index (χ0) is 17.6. The number of amides is 2. The molecule has 0 saturated carbocycles. The molecular weight excluding hydrogens is 323 g/mol. The highest BCUT2D eigenvalue weighted by Gasteiger charge is 2.27. The van der Waals surface area contributed by atoms with E-state index in [2.05, 4.69) is 5.32 Å². The summed E-state index contributed by atoms with van der Waals surface area (Å²) in [5.41, 5.74) is 0.940. The Bertz CT molecular complexity index is 751. The molecule has 1 aliphatic heterocycles. The first-order valence-corrected chi connectivity index (χ1v) is 8.12. The maximum absolute atomic E-state index is 13.9. The zero-order valence-electron chi connectivity index (χ0n) is 13.7. The second kappa shape index (κ2) is 7.90. The van der Waals surface area contributed by atoms with E-state index in [0.717, 1.165) is 0 Å². The predicted octanol–water partition coefficient (Wildman–Crippen LogP) is 2.16. The molecule has 3 rings (SSSR count). The van der Waals surface area contributed by atoms with E-state index in [-0.39, 0.29) is 30.7 Å². The summed E-state index contributed by atoms with van der Waals surface area (Å²) in [4.78, 5) is 26.0. The highest BCUT2D eigenvalue weighted by atomic mass is 19.1. The van der Waals surface area contributed by atoms with Gasteiger partial charge in [0, 0.05) is 17.7 Å². The van der Waals surface area contributed by atoms with Crippen molar-refractivity contribution < 1.29 is 18.7 Å². The lowest BCUT2D eigenvalue weighted by atomic mass is 10.1. The molecule has 1 atom stereocenters. The molecule has 25 heavy (non-hydrogen) atoms. The number of hydrogen-bond donors (Lipinski definition) is 1. The summed E-state index contributed by atoms with van der Waals surface area (Å²) in [5, 5.41) is 2.62. The summed E-state index contributed by atoms with van der Waals surface area (Å²) >= 11 is 0. The Hall–Kier alpha value is -2.73. The number of hydrogen-bond acceptors (Lipinski definition) is 3. The predicted molar refractivity (Wildman–Crippen MR) is 90.4 cm³/mol.